The summed E-state index contributed by atoms with van der Waals surface area (Å²) in [6, 6.07) is 13.3. The second-order valence-electron chi connectivity index (χ2n) is 7.65. The van der Waals surface area contributed by atoms with Crippen LogP contribution in [0.3, 0.4) is 0 Å². The van der Waals surface area contributed by atoms with Crippen LogP contribution in [0, 0.1) is 17.7 Å². The van der Waals surface area contributed by atoms with Crippen molar-refractivity contribution in [1.29, 1.82) is 0 Å². The van der Waals surface area contributed by atoms with E-state index in [1.54, 1.807) is 30.3 Å². The summed E-state index contributed by atoms with van der Waals surface area (Å²) in [5, 5.41) is 3.04. The molecule has 3 atom stereocenters. The van der Waals surface area contributed by atoms with E-state index in [0.717, 1.165) is 35.7 Å². The summed E-state index contributed by atoms with van der Waals surface area (Å²) in [6.07, 6.45) is 4.49. The van der Waals surface area contributed by atoms with Crippen LogP contribution >= 0.6 is 0 Å². The number of anilines is 1. The second kappa shape index (κ2) is 7.54. The Morgan fingerprint density at radius 2 is 1.75 bits per heavy atom. The van der Waals surface area contributed by atoms with Gasteiger partial charge in [-0.05, 0) is 67.5 Å². The molecule has 2 aromatic carbocycles. The van der Waals surface area contributed by atoms with E-state index in [4.69, 9.17) is 0 Å². The molecule has 5 nitrogen and oxygen atoms in total. The van der Waals surface area contributed by atoms with Crippen molar-refractivity contribution in [3.05, 3.63) is 60.4 Å². The van der Waals surface area contributed by atoms with Crippen molar-refractivity contribution in [1.82, 2.24) is 5.32 Å². The van der Waals surface area contributed by atoms with E-state index in [9.17, 15) is 17.6 Å². The van der Waals surface area contributed by atoms with Gasteiger partial charge in [0.1, 0.15) is 12.4 Å². The maximum Gasteiger partial charge on any atom is 0.264 e. The topological polar surface area (TPSA) is 66.5 Å². The molecule has 0 aliphatic heterocycles. The van der Waals surface area contributed by atoms with Gasteiger partial charge >= 0.3 is 0 Å². The van der Waals surface area contributed by atoms with Crippen LogP contribution in [-0.4, -0.2) is 26.9 Å². The fourth-order valence-corrected chi connectivity index (χ4v) is 5.87. The first kappa shape index (κ1) is 18.9. The first-order chi connectivity index (χ1) is 13.4. The number of nitrogens with zero attached hydrogens (tertiary/aromatic N) is 1. The Bertz CT molecular complexity index is 947. The molecule has 2 saturated carbocycles. The standard InChI is InChI=1S/C21H23FN2O3S/c22-17-8-10-19(11-9-17)28(26,27)24(18-4-2-1-3-5-18)14-21(25)23-20-13-15-6-7-16(20)12-15/h1-5,8-11,15-16,20H,6-7,12-14H2,(H,23,25)/t15-,16-,20-/m0/s1. The number of hydrogen-bond acceptors (Lipinski definition) is 3. The number of para-hydroxylation sites is 1. The zero-order valence-electron chi connectivity index (χ0n) is 15.4. The third kappa shape index (κ3) is 3.76. The van der Waals surface area contributed by atoms with Gasteiger partial charge in [0.2, 0.25) is 5.91 Å². The van der Waals surface area contributed by atoms with Crippen molar-refractivity contribution in [3.8, 4) is 0 Å². The molecule has 0 spiro atoms. The van der Waals surface area contributed by atoms with Crippen molar-refractivity contribution < 1.29 is 17.6 Å². The van der Waals surface area contributed by atoms with Gasteiger partial charge in [-0.1, -0.05) is 24.6 Å². The normalized spacial score (nSPS) is 23.5. The van der Waals surface area contributed by atoms with E-state index in [1.807, 2.05) is 0 Å². The summed E-state index contributed by atoms with van der Waals surface area (Å²) in [6.45, 7) is -0.308. The molecule has 0 saturated heterocycles. The van der Waals surface area contributed by atoms with Crippen molar-refractivity contribution in [2.45, 2.75) is 36.6 Å². The highest BCUT2D eigenvalue weighted by Gasteiger charge is 2.40. The van der Waals surface area contributed by atoms with Crippen LogP contribution in [-0.2, 0) is 14.8 Å². The lowest BCUT2D eigenvalue weighted by atomic mass is 9.95. The molecular weight excluding hydrogens is 379 g/mol. The number of carbonyl (C=O) groups excluding carboxylic acids is 1. The predicted octanol–water partition coefficient (Wildman–Crippen LogP) is 3.33. The lowest BCUT2D eigenvalue weighted by Gasteiger charge is -2.27. The molecule has 2 aliphatic carbocycles. The van der Waals surface area contributed by atoms with Crippen molar-refractivity contribution in [2.24, 2.45) is 11.8 Å². The molecule has 4 rings (SSSR count). The third-order valence-corrected chi connectivity index (χ3v) is 7.61. The zero-order chi connectivity index (χ0) is 19.7. The van der Waals surface area contributed by atoms with Crippen molar-refractivity contribution in [2.75, 3.05) is 10.8 Å². The maximum atomic E-state index is 13.2. The van der Waals surface area contributed by atoms with Crippen LogP contribution < -0.4 is 9.62 Å². The number of halogens is 1. The molecule has 1 amide bonds. The summed E-state index contributed by atoms with van der Waals surface area (Å²) < 4.78 is 40.7. The molecule has 0 unspecified atom stereocenters. The Hall–Kier alpha value is -2.41. The van der Waals surface area contributed by atoms with E-state index < -0.39 is 15.8 Å². The maximum absolute atomic E-state index is 13.2. The molecular formula is C21H23FN2O3S. The van der Waals surface area contributed by atoms with E-state index >= 15 is 0 Å². The van der Waals surface area contributed by atoms with Crippen LogP contribution in [0.4, 0.5) is 10.1 Å². The molecule has 2 aromatic rings. The minimum atomic E-state index is -4.00. The Labute approximate surface area is 164 Å². The molecule has 1 N–H and O–H groups in total. The van der Waals surface area contributed by atoms with E-state index in [0.29, 0.717) is 17.5 Å². The molecule has 0 radical (unpaired) electrons. The van der Waals surface area contributed by atoms with Gasteiger partial charge < -0.3 is 5.32 Å². The monoisotopic (exact) mass is 402 g/mol. The van der Waals surface area contributed by atoms with Gasteiger partial charge in [0.25, 0.3) is 10.0 Å². The number of rotatable bonds is 6. The van der Waals surface area contributed by atoms with Gasteiger partial charge in [0.15, 0.2) is 0 Å². The molecule has 2 fully saturated rings. The van der Waals surface area contributed by atoms with Gasteiger partial charge in [-0.2, -0.15) is 0 Å². The Balaban J connectivity index is 1.57. The van der Waals surface area contributed by atoms with Crippen LogP contribution in [0.2, 0.25) is 0 Å². The number of amides is 1. The van der Waals surface area contributed by atoms with Gasteiger partial charge in [0, 0.05) is 6.04 Å². The third-order valence-electron chi connectivity index (χ3n) is 5.82. The fourth-order valence-electron chi connectivity index (χ4n) is 4.45. The molecule has 0 aromatic heterocycles. The van der Waals surface area contributed by atoms with E-state index in [2.05, 4.69) is 5.32 Å². The molecule has 2 bridgehead atoms. The van der Waals surface area contributed by atoms with Gasteiger partial charge in [-0.15, -0.1) is 0 Å². The summed E-state index contributed by atoms with van der Waals surface area (Å²) in [7, 11) is -4.00. The second-order valence-corrected chi connectivity index (χ2v) is 9.51. The highest BCUT2D eigenvalue weighted by Crippen LogP contribution is 2.44. The molecule has 148 valence electrons. The summed E-state index contributed by atoms with van der Waals surface area (Å²) in [4.78, 5) is 12.7. The number of hydrogen-bond donors (Lipinski definition) is 1. The summed E-state index contributed by atoms with van der Waals surface area (Å²) in [5.41, 5.74) is 0.398. The SMILES string of the molecule is O=C(CN(c1ccccc1)S(=O)(=O)c1ccc(F)cc1)N[C@H]1C[C@H]2CC[C@H]1C2. The number of nitrogens with one attached hydrogen (secondary N) is 1. The van der Waals surface area contributed by atoms with Crippen molar-refractivity contribution in [3.63, 3.8) is 0 Å². The Morgan fingerprint density at radius 3 is 2.36 bits per heavy atom. The van der Waals surface area contributed by atoms with Crippen LogP contribution in [0.5, 0.6) is 0 Å². The highest BCUT2D eigenvalue weighted by molar-refractivity contribution is 7.92. The van der Waals surface area contributed by atoms with E-state index in [-0.39, 0.29) is 23.4 Å². The minimum absolute atomic E-state index is 0.0505. The quantitative estimate of drug-likeness (QED) is 0.806. The smallest absolute Gasteiger partial charge is 0.264 e. The molecule has 28 heavy (non-hydrogen) atoms. The first-order valence-electron chi connectivity index (χ1n) is 9.56. The number of sulfonamides is 1. The van der Waals surface area contributed by atoms with Gasteiger partial charge in [0.05, 0.1) is 10.6 Å². The average molecular weight is 402 g/mol. The highest BCUT2D eigenvalue weighted by atomic mass is 32.2. The summed E-state index contributed by atoms with van der Waals surface area (Å²) in [5.74, 6) is 0.364. The first-order valence-corrected chi connectivity index (χ1v) is 11.0. The average Bonchev–Trinajstić information content (AvgIpc) is 3.30. The number of carbonyl (C=O) groups is 1. The number of fused-ring (bicyclic) bond motifs is 2. The van der Waals surface area contributed by atoms with E-state index in [1.165, 1.54) is 18.6 Å². The van der Waals surface area contributed by atoms with Gasteiger partial charge in [-0.3, -0.25) is 9.10 Å². The molecule has 7 heteroatoms. The Kier molecular flexibility index (Phi) is 5.10. The zero-order valence-corrected chi connectivity index (χ0v) is 16.2. The van der Waals surface area contributed by atoms with Crippen molar-refractivity contribution >= 4 is 21.6 Å². The van der Waals surface area contributed by atoms with Crippen LogP contribution in [0.1, 0.15) is 25.7 Å². The lowest BCUT2D eigenvalue weighted by Crippen LogP contribution is -2.45. The van der Waals surface area contributed by atoms with Crippen LogP contribution in [0.25, 0.3) is 0 Å². The minimum Gasteiger partial charge on any atom is -0.352 e. The Morgan fingerprint density at radius 1 is 1.04 bits per heavy atom. The number of benzene rings is 2. The molecule has 0 heterocycles. The molecule has 2 aliphatic rings. The predicted molar refractivity (Wildman–Crippen MR) is 105 cm³/mol. The van der Waals surface area contributed by atoms with Gasteiger partial charge in [-0.25, -0.2) is 12.8 Å². The summed E-state index contributed by atoms with van der Waals surface area (Å²) >= 11 is 0. The van der Waals surface area contributed by atoms with Crippen LogP contribution in [0.15, 0.2) is 59.5 Å². The largest absolute Gasteiger partial charge is 0.352 e. The lowest BCUT2D eigenvalue weighted by molar-refractivity contribution is -0.120. The fraction of sp³-hybridized carbons (Fsp3) is 0.381.